The van der Waals surface area contributed by atoms with Gasteiger partial charge in [0.15, 0.2) is 0 Å². The quantitative estimate of drug-likeness (QED) is 0.156. The minimum absolute atomic E-state index is 0.0298. The van der Waals surface area contributed by atoms with Crippen LogP contribution in [0.5, 0.6) is 0 Å². The standard InChI is InChI=1S/C49H84O4/c1-40(2,3)27-44(13,14)34-21-23-36(38(25-34)46(17,18)29-42(7,8)9)49(53,48(31-50,32-51)33-52)37-24-22-35(45(15,16)28-41(4,5)6)26-39(37)47(19,20)30-43(10,11)12/h21-26,50-53H,27-33H2,1-20H3. The van der Waals surface area contributed by atoms with Gasteiger partial charge < -0.3 is 20.4 Å². The monoisotopic (exact) mass is 737 g/mol. The summed E-state index contributed by atoms with van der Waals surface area (Å²) in [7, 11) is 0. The van der Waals surface area contributed by atoms with Crippen LogP contribution in [0.25, 0.3) is 0 Å². The van der Waals surface area contributed by atoms with Gasteiger partial charge in [0.25, 0.3) is 0 Å². The van der Waals surface area contributed by atoms with Crippen molar-refractivity contribution in [3.63, 3.8) is 0 Å². The minimum Gasteiger partial charge on any atom is -0.395 e. The molecule has 0 spiro atoms. The molecule has 0 saturated carbocycles. The van der Waals surface area contributed by atoms with Gasteiger partial charge >= 0.3 is 0 Å². The zero-order valence-electron chi connectivity index (χ0n) is 38.2. The van der Waals surface area contributed by atoms with Gasteiger partial charge in [0.1, 0.15) is 5.60 Å². The van der Waals surface area contributed by atoms with Crippen molar-refractivity contribution in [2.24, 2.45) is 27.1 Å². The second kappa shape index (κ2) is 15.3. The van der Waals surface area contributed by atoms with Crippen LogP contribution in [0.3, 0.4) is 0 Å². The number of aliphatic hydroxyl groups is 4. The van der Waals surface area contributed by atoms with E-state index in [1.807, 2.05) is 12.1 Å². The minimum atomic E-state index is -1.96. The van der Waals surface area contributed by atoms with Crippen molar-refractivity contribution in [3.05, 3.63) is 69.8 Å². The Morgan fingerprint density at radius 3 is 0.830 bits per heavy atom. The van der Waals surface area contributed by atoms with E-state index in [9.17, 15) is 20.4 Å². The largest absolute Gasteiger partial charge is 0.395 e. The molecule has 0 unspecified atom stereocenters. The molecular weight excluding hydrogens is 653 g/mol. The third kappa shape index (κ3) is 11.2. The molecule has 0 atom stereocenters. The summed E-state index contributed by atoms with van der Waals surface area (Å²) < 4.78 is 0. The van der Waals surface area contributed by atoms with Gasteiger partial charge in [0.2, 0.25) is 0 Å². The van der Waals surface area contributed by atoms with E-state index in [1.165, 1.54) is 11.1 Å². The van der Waals surface area contributed by atoms with Crippen molar-refractivity contribution < 1.29 is 20.4 Å². The first-order valence-electron chi connectivity index (χ1n) is 20.3. The van der Waals surface area contributed by atoms with E-state index >= 15 is 0 Å². The van der Waals surface area contributed by atoms with Crippen LogP contribution < -0.4 is 0 Å². The molecule has 0 saturated heterocycles. The molecule has 4 nitrogen and oxygen atoms in total. The normalized spacial score (nSPS) is 14.9. The summed E-state index contributed by atoms with van der Waals surface area (Å²) in [6.07, 6.45) is 3.60. The Morgan fingerprint density at radius 2 is 0.604 bits per heavy atom. The molecule has 2 aromatic carbocycles. The van der Waals surface area contributed by atoms with Crippen LogP contribution in [0.1, 0.15) is 198 Å². The van der Waals surface area contributed by atoms with Crippen LogP contribution in [0, 0.1) is 27.1 Å². The van der Waals surface area contributed by atoms with E-state index in [4.69, 9.17) is 0 Å². The van der Waals surface area contributed by atoms with Gasteiger partial charge in [-0.25, -0.2) is 0 Å². The highest BCUT2D eigenvalue weighted by molar-refractivity contribution is 5.54. The number of rotatable bonds is 14. The molecule has 0 radical (unpaired) electrons. The average Bonchev–Trinajstić information content (AvgIpc) is 2.92. The fraction of sp³-hybridized carbons (Fsp3) is 0.755. The lowest BCUT2D eigenvalue weighted by Gasteiger charge is -2.50. The Kier molecular flexibility index (Phi) is 13.7. The molecule has 4 heteroatoms. The Bertz CT molecular complexity index is 1410. The lowest BCUT2D eigenvalue weighted by molar-refractivity contribution is -0.137. The molecule has 0 aromatic heterocycles. The van der Waals surface area contributed by atoms with Crippen molar-refractivity contribution in [1.29, 1.82) is 0 Å². The summed E-state index contributed by atoms with van der Waals surface area (Å²) in [5.41, 5.74) is 0.907. The highest BCUT2D eigenvalue weighted by Crippen LogP contribution is 2.54. The molecule has 0 aliphatic heterocycles. The Balaban J connectivity index is 3.37. The second-order valence-corrected chi connectivity index (χ2v) is 24.5. The molecule has 0 fully saturated rings. The zero-order valence-corrected chi connectivity index (χ0v) is 38.2. The third-order valence-electron chi connectivity index (χ3n) is 11.4. The smallest absolute Gasteiger partial charge is 0.127 e. The van der Waals surface area contributed by atoms with Gasteiger partial charge in [0.05, 0.1) is 25.2 Å². The van der Waals surface area contributed by atoms with Crippen molar-refractivity contribution in [1.82, 2.24) is 0 Å². The number of aliphatic hydroxyl groups excluding tert-OH is 3. The van der Waals surface area contributed by atoms with E-state index in [1.54, 1.807) is 0 Å². The maximum absolute atomic E-state index is 14.0. The Morgan fingerprint density at radius 1 is 0.358 bits per heavy atom. The van der Waals surface area contributed by atoms with Crippen LogP contribution in [0.15, 0.2) is 36.4 Å². The van der Waals surface area contributed by atoms with E-state index in [0.717, 1.165) is 36.8 Å². The molecule has 0 bridgehead atoms. The van der Waals surface area contributed by atoms with Gasteiger partial charge in [0, 0.05) is 0 Å². The maximum Gasteiger partial charge on any atom is 0.127 e. The molecule has 53 heavy (non-hydrogen) atoms. The molecule has 0 aliphatic carbocycles. The van der Waals surface area contributed by atoms with Crippen LogP contribution >= 0.6 is 0 Å². The summed E-state index contributed by atoms with van der Waals surface area (Å²) in [6.45, 7) is 43.5. The van der Waals surface area contributed by atoms with Crippen molar-refractivity contribution in [2.75, 3.05) is 19.8 Å². The molecular formula is C49H84O4. The first kappa shape index (κ1) is 47.4. The molecule has 0 heterocycles. The van der Waals surface area contributed by atoms with Gasteiger partial charge in [-0.05, 0) is 102 Å². The van der Waals surface area contributed by atoms with Gasteiger partial charge in [-0.1, -0.05) is 175 Å². The molecule has 0 amide bonds. The fourth-order valence-corrected chi connectivity index (χ4v) is 10.6. The summed E-state index contributed by atoms with van der Waals surface area (Å²) in [5, 5.41) is 48.0. The summed E-state index contributed by atoms with van der Waals surface area (Å²) in [6, 6.07) is 13.0. The zero-order chi connectivity index (χ0) is 41.7. The summed E-state index contributed by atoms with van der Waals surface area (Å²) in [4.78, 5) is 0. The first-order valence-corrected chi connectivity index (χ1v) is 20.3. The van der Waals surface area contributed by atoms with Crippen molar-refractivity contribution in [3.8, 4) is 0 Å². The van der Waals surface area contributed by atoms with Crippen LogP contribution in [0.4, 0.5) is 0 Å². The van der Waals surface area contributed by atoms with Crippen LogP contribution in [-0.2, 0) is 27.3 Å². The Hall–Kier alpha value is -1.72. The molecule has 0 aliphatic rings. The second-order valence-electron chi connectivity index (χ2n) is 24.5. The van der Waals surface area contributed by atoms with E-state index < -0.39 is 41.7 Å². The first-order chi connectivity index (χ1) is 23.4. The molecule has 4 N–H and O–H groups in total. The predicted molar refractivity (Wildman–Crippen MR) is 228 cm³/mol. The fourth-order valence-electron chi connectivity index (χ4n) is 10.6. The van der Waals surface area contributed by atoms with E-state index in [-0.39, 0.29) is 32.5 Å². The SMILES string of the molecule is CC(C)(C)CC(C)(C)c1ccc(C(O)(c2ccc(C(C)(C)CC(C)(C)C)cc2C(C)(C)CC(C)(C)C)C(CO)(CO)CO)c(C(C)(C)CC(C)(C)C)c1. The van der Waals surface area contributed by atoms with Gasteiger partial charge in [-0.3, -0.25) is 0 Å². The number of hydrogen-bond acceptors (Lipinski definition) is 4. The number of hydrogen-bond donors (Lipinski definition) is 4. The van der Waals surface area contributed by atoms with E-state index in [0.29, 0.717) is 11.1 Å². The third-order valence-corrected chi connectivity index (χ3v) is 11.4. The van der Waals surface area contributed by atoms with Crippen LogP contribution in [0.2, 0.25) is 0 Å². The lowest BCUT2D eigenvalue weighted by Crippen LogP contribution is -2.56. The Labute approximate surface area is 327 Å². The van der Waals surface area contributed by atoms with Crippen molar-refractivity contribution in [2.45, 2.75) is 191 Å². The van der Waals surface area contributed by atoms with Crippen molar-refractivity contribution >= 4 is 0 Å². The predicted octanol–water partition coefficient (Wildman–Crippen LogP) is 11.7. The molecule has 304 valence electrons. The molecule has 2 rings (SSSR count). The maximum atomic E-state index is 14.0. The van der Waals surface area contributed by atoms with Crippen LogP contribution in [-0.4, -0.2) is 40.2 Å². The summed E-state index contributed by atoms with van der Waals surface area (Å²) in [5.74, 6) is 0. The highest BCUT2D eigenvalue weighted by atomic mass is 16.3. The topological polar surface area (TPSA) is 80.9 Å². The summed E-state index contributed by atoms with van der Waals surface area (Å²) >= 11 is 0. The van der Waals surface area contributed by atoms with Gasteiger partial charge in [-0.2, -0.15) is 0 Å². The van der Waals surface area contributed by atoms with E-state index in [2.05, 4.69) is 163 Å². The highest BCUT2D eigenvalue weighted by Gasteiger charge is 2.56. The average molecular weight is 737 g/mol. The lowest BCUT2D eigenvalue weighted by atomic mass is 9.58. The molecule has 2 aromatic rings. The number of benzene rings is 2. The van der Waals surface area contributed by atoms with Gasteiger partial charge in [-0.15, -0.1) is 0 Å².